The Bertz CT molecular complexity index is 488. The van der Waals surface area contributed by atoms with Crippen LogP contribution in [-0.2, 0) is 9.31 Å². The molecule has 1 aromatic rings. The molecule has 1 fully saturated rings. The first-order valence-electron chi connectivity index (χ1n) is 6.66. The van der Waals surface area contributed by atoms with Crippen molar-refractivity contribution in [3.8, 4) is 11.5 Å². The Morgan fingerprint density at radius 1 is 1.20 bits per heavy atom. The van der Waals surface area contributed by atoms with Gasteiger partial charge in [0.25, 0.3) is 0 Å². The summed E-state index contributed by atoms with van der Waals surface area (Å²) in [4.78, 5) is 0. The zero-order valence-corrected chi connectivity index (χ0v) is 12.6. The van der Waals surface area contributed by atoms with Gasteiger partial charge < -0.3 is 24.9 Å². The summed E-state index contributed by atoms with van der Waals surface area (Å²) >= 11 is 0. The third kappa shape index (κ3) is 2.51. The Morgan fingerprint density at radius 3 is 2.20 bits per heavy atom. The van der Waals surface area contributed by atoms with Gasteiger partial charge in [0.05, 0.1) is 24.3 Å². The smallest absolute Gasteiger partial charge is 0.480 e. The zero-order valence-electron chi connectivity index (χ0n) is 12.6. The predicted molar refractivity (Wildman–Crippen MR) is 77.7 cm³/mol. The van der Waals surface area contributed by atoms with Crippen LogP contribution in [0.3, 0.4) is 0 Å². The summed E-state index contributed by atoms with van der Waals surface area (Å²) in [5.74, 6) is -0.0142. The second kappa shape index (κ2) is 4.95. The van der Waals surface area contributed by atoms with Crippen LogP contribution in [0.15, 0.2) is 18.2 Å². The molecule has 0 aliphatic carbocycles. The molecule has 20 heavy (non-hydrogen) atoms. The molecule has 5 nitrogen and oxygen atoms in total. The lowest BCUT2D eigenvalue weighted by molar-refractivity contribution is 0.00578. The summed E-state index contributed by atoms with van der Waals surface area (Å²) in [5, 5.41) is 9.83. The van der Waals surface area contributed by atoms with Crippen LogP contribution in [0.4, 0.5) is 0 Å². The molecule has 0 radical (unpaired) electrons. The van der Waals surface area contributed by atoms with E-state index in [9.17, 15) is 5.11 Å². The molecule has 1 aromatic carbocycles. The van der Waals surface area contributed by atoms with Gasteiger partial charge in [0, 0.05) is 0 Å². The van der Waals surface area contributed by atoms with Gasteiger partial charge in [-0.2, -0.15) is 0 Å². The third-order valence-corrected chi connectivity index (χ3v) is 4.15. The lowest BCUT2D eigenvalue weighted by Crippen LogP contribution is -2.41. The van der Waals surface area contributed by atoms with E-state index in [-0.39, 0.29) is 5.75 Å². The van der Waals surface area contributed by atoms with E-state index in [1.807, 2.05) is 27.7 Å². The van der Waals surface area contributed by atoms with Crippen molar-refractivity contribution in [2.24, 2.45) is 5.73 Å². The van der Waals surface area contributed by atoms with E-state index < -0.39 is 24.3 Å². The number of hydrogen-bond donors (Lipinski definition) is 2. The Labute approximate surface area is 120 Å². The minimum absolute atomic E-state index is 0.0527. The van der Waals surface area contributed by atoms with Crippen molar-refractivity contribution >= 4 is 7.12 Å². The summed E-state index contributed by atoms with van der Waals surface area (Å²) in [5.41, 5.74) is 6.09. The number of hydrogen-bond acceptors (Lipinski definition) is 5. The highest BCUT2D eigenvalue weighted by Crippen LogP contribution is 2.40. The van der Waals surface area contributed by atoms with Crippen LogP contribution in [0.25, 0.3) is 0 Å². The van der Waals surface area contributed by atoms with Gasteiger partial charge in [-0.1, -0.05) is 6.07 Å². The van der Waals surface area contributed by atoms with Crippen molar-refractivity contribution < 1.29 is 19.2 Å². The maximum atomic E-state index is 9.83. The molecule has 1 heterocycles. The van der Waals surface area contributed by atoms with Crippen molar-refractivity contribution in [2.45, 2.75) is 44.8 Å². The fourth-order valence-electron chi connectivity index (χ4n) is 2.11. The van der Waals surface area contributed by atoms with Crippen molar-refractivity contribution in [3.05, 3.63) is 23.8 Å². The van der Waals surface area contributed by atoms with Gasteiger partial charge in [-0.25, -0.2) is 0 Å². The lowest BCUT2D eigenvalue weighted by Gasteiger charge is -2.32. The molecule has 3 N–H and O–H groups in total. The first kappa shape index (κ1) is 15.2. The normalized spacial score (nSPS) is 21.8. The van der Waals surface area contributed by atoms with Gasteiger partial charge in [0.15, 0.2) is 11.5 Å². The number of nitrogens with two attached hydrogens (primary N) is 1. The van der Waals surface area contributed by atoms with Gasteiger partial charge in [0.2, 0.25) is 0 Å². The first-order valence-corrected chi connectivity index (χ1v) is 6.66. The van der Waals surface area contributed by atoms with Crippen molar-refractivity contribution in [2.75, 3.05) is 7.11 Å². The highest BCUT2D eigenvalue weighted by Gasteiger charge is 2.53. The van der Waals surface area contributed by atoms with Crippen LogP contribution in [-0.4, -0.2) is 30.5 Å². The summed E-state index contributed by atoms with van der Waals surface area (Å²) < 4.78 is 16.9. The second-order valence-corrected chi connectivity index (χ2v) is 6.08. The van der Waals surface area contributed by atoms with E-state index in [0.29, 0.717) is 5.75 Å². The Morgan fingerprint density at radius 2 is 1.75 bits per heavy atom. The van der Waals surface area contributed by atoms with Gasteiger partial charge in [-0.3, -0.25) is 0 Å². The first-order chi connectivity index (χ1) is 9.18. The molecule has 0 saturated carbocycles. The molecule has 110 valence electrons. The number of methoxy groups -OCH3 is 1. The third-order valence-electron chi connectivity index (χ3n) is 4.15. The van der Waals surface area contributed by atoms with Gasteiger partial charge >= 0.3 is 7.12 Å². The number of ether oxygens (including phenoxy) is 1. The van der Waals surface area contributed by atoms with E-state index in [2.05, 4.69) is 0 Å². The minimum atomic E-state index is -0.548. The van der Waals surface area contributed by atoms with Gasteiger partial charge in [0.1, 0.15) is 0 Å². The average Bonchev–Trinajstić information content (AvgIpc) is 2.57. The van der Waals surface area contributed by atoms with E-state index in [0.717, 1.165) is 5.56 Å². The van der Waals surface area contributed by atoms with E-state index in [4.69, 9.17) is 19.8 Å². The largest absolute Gasteiger partial charge is 0.504 e. The van der Waals surface area contributed by atoms with E-state index >= 15 is 0 Å². The fraction of sp³-hybridized carbons (Fsp3) is 0.571. The van der Waals surface area contributed by atoms with E-state index in [1.54, 1.807) is 18.2 Å². The van der Waals surface area contributed by atoms with Crippen LogP contribution >= 0.6 is 0 Å². The average molecular weight is 279 g/mol. The number of rotatable bonds is 3. The quantitative estimate of drug-likeness (QED) is 0.828. The van der Waals surface area contributed by atoms with Crippen LogP contribution in [0.5, 0.6) is 11.5 Å². The maximum absolute atomic E-state index is 9.83. The number of aromatic hydroxyl groups is 1. The number of phenols is 1. The predicted octanol–water partition coefficient (Wildman–Crippen LogP) is 2.03. The minimum Gasteiger partial charge on any atom is -0.504 e. The molecule has 0 spiro atoms. The molecular formula is C14H22BNO4. The monoisotopic (exact) mass is 279 g/mol. The van der Waals surface area contributed by atoms with Gasteiger partial charge in [-0.15, -0.1) is 0 Å². The summed E-state index contributed by atoms with van der Waals surface area (Å²) in [6.45, 7) is 7.91. The molecule has 0 aromatic heterocycles. The SMILES string of the molecule is COc1ccc(C(N)B2OC(C)(C)C(C)(C)O2)cc1O. The summed E-state index contributed by atoms with van der Waals surface area (Å²) in [6, 6.07) is 5.05. The Hall–Kier alpha value is -1.24. The standard InChI is InChI=1S/C14H22BNO4/c1-13(2)14(3,4)20-15(19-13)12(16)9-6-7-11(18-5)10(17)8-9/h6-8,12,17H,16H2,1-5H3. The Balaban J connectivity index is 2.21. The van der Waals surface area contributed by atoms with E-state index in [1.165, 1.54) is 7.11 Å². The van der Waals surface area contributed by atoms with Crippen LogP contribution in [0, 0.1) is 0 Å². The number of phenolic OH excluding ortho intramolecular Hbond substituents is 1. The molecule has 1 saturated heterocycles. The van der Waals surface area contributed by atoms with Gasteiger partial charge in [-0.05, 0) is 45.4 Å². The highest BCUT2D eigenvalue weighted by atomic mass is 16.7. The molecule has 1 atom stereocenters. The zero-order chi connectivity index (χ0) is 15.1. The molecule has 1 unspecified atom stereocenters. The summed E-state index contributed by atoms with van der Waals surface area (Å²) in [7, 11) is 0.955. The molecule has 1 aliphatic rings. The maximum Gasteiger partial charge on any atom is 0.480 e. The lowest BCUT2D eigenvalue weighted by atomic mass is 9.75. The molecule has 6 heteroatoms. The molecule has 1 aliphatic heterocycles. The highest BCUT2D eigenvalue weighted by molar-refractivity contribution is 6.47. The van der Waals surface area contributed by atoms with Crippen LogP contribution in [0.1, 0.15) is 39.2 Å². The number of benzene rings is 1. The summed E-state index contributed by atoms with van der Waals surface area (Å²) in [6.07, 6.45) is 0. The Kier molecular flexibility index (Phi) is 3.75. The second-order valence-electron chi connectivity index (χ2n) is 6.08. The van der Waals surface area contributed by atoms with Crippen molar-refractivity contribution in [3.63, 3.8) is 0 Å². The molecule has 0 amide bonds. The molecule has 0 bridgehead atoms. The van der Waals surface area contributed by atoms with Crippen LogP contribution < -0.4 is 10.5 Å². The molecular weight excluding hydrogens is 257 g/mol. The fourth-order valence-corrected chi connectivity index (χ4v) is 2.11. The molecule has 2 rings (SSSR count). The van der Waals surface area contributed by atoms with Crippen LogP contribution in [0.2, 0.25) is 0 Å². The van der Waals surface area contributed by atoms with Crippen molar-refractivity contribution in [1.82, 2.24) is 0 Å². The topological polar surface area (TPSA) is 73.9 Å². The van der Waals surface area contributed by atoms with Crippen molar-refractivity contribution in [1.29, 1.82) is 0 Å².